The molecule has 0 atom stereocenters. The molecular weight excluding hydrogens is 308 g/mol. The van der Waals surface area contributed by atoms with E-state index < -0.39 is 0 Å². The van der Waals surface area contributed by atoms with E-state index in [1.54, 1.807) is 0 Å². The first-order chi connectivity index (χ1) is 11.5. The van der Waals surface area contributed by atoms with Gasteiger partial charge in [-0.25, -0.2) is 4.68 Å². The van der Waals surface area contributed by atoms with Crippen LogP contribution < -0.4 is 10.9 Å². The van der Waals surface area contributed by atoms with Crippen molar-refractivity contribution in [2.24, 2.45) is 0 Å². The maximum absolute atomic E-state index is 12.5. The molecule has 1 fully saturated rings. The van der Waals surface area contributed by atoms with Crippen LogP contribution in [0.15, 0.2) is 41.2 Å². The third-order valence-corrected chi connectivity index (χ3v) is 3.86. The second kappa shape index (κ2) is 6.66. The highest BCUT2D eigenvalue weighted by Gasteiger charge is 2.23. The zero-order chi connectivity index (χ0) is 17.1. The molecule has 2 aromatic rings. The predicted octanol–water partition coefficient (Wildman–Crippen LogP) is 0.172. The monoisotopic (exact) mass is 326 g/mol. The Morgan fingerprint density at radius 3 is 2.62 bits per heavy atom. The Bertz CT molecular complexity index is 826. The second-order valence-corrected chi connectivity index (χ2v) is 5.78. The van der Waals surface area contributed by atoms with Gasteiger partial charge >= 0.3 is 0 Å². The van der Waals surface area contributed by atoms with Gasteiger partial charge in [-0.2, -0.15) is 5.10 Å². The lowest BCUT2D eigenvalue weighted by molar-refractivity contribution is -0.123. The van der Waals surface area contributed by atoms with Crippen molar-refractivity contribution in [2.45, 2.75) is 13.5 Å². The van der Waals surface area contributed by atoms with Crippen LogP contribution in [0.25, 0.3) is 0 Å². The van der Waals surface area contributed by atoms with Crippen molar-refractivity contribution >= 4 is 11.8 Å². The van der Waals surface area contributed by atoms with Gasteiger partial charge in [0.25, 0.3) is 11.5 Å². The van der Waals surface area contributed by atoms with E-state index in [1.807, 2.05) is 31.2 Å². The lowest BCUT2D eigenvalue weighted by Gasteiger charge is -2.26. The van der Waals surface area contributed by atoms with Crippen LogP contribution in [0.1, 0.15) is 21.6 Å². The average molecular weight is 326 g/mol. The number of aryl methyl sites for hydroxylation is 1. The molecule has 1 saturated heterocycles. The van der Waals surface area contributed by atoms with Gasteiger partial charge in [0.2, 0.25) is 5.91 Å². The van der Waals surface area contributed by atoms with Crippen LogP contribution in [0, 0.1) is 6.92 Å². The van der Waals surface area contributed by atoms with Crippen molar-refractivity contribution in [3.63, 3.8) is 0 Å². The van der Waals surface area contributed by atoms with Gasteiger partial charge in [-0.1, -0.05) is 29.8 Å². The Morgan fingerprint density at radius 1 is 1.17 bits per heavy atom. The average Bonchev–Trinajstić information content (AvgIpc) is 2.58. The minimum absolute atomic E-state index is 0.0115. The third kappa shape index (κ3) is 3.51. The van der Waals surface area contributed by atoms with E-state index in [1.165, 1.54) is 21.7 Å². The normalized spacial score (nSPS) is 14.4. The molecule has 0 saturated carbocycles. The molecule has 1 aromatic carbocycles. The Labute approximate surface area is 138 Å². The lowest BCUT2D eigenvalue weighted by atomic mass is 10.1. The fourth-order valence-electron chi connectivity index (χ4n) is 2.52. The van der Waals surface area contributed by atoms with Crippen LogP contribution in [0.3, 0.4) is 0 Å². The minimum Gasteiger partial charge on any atom is -0.353 e. The molecule has 2 heterocycles. The van der Waals surface area contributed by atoms with Crippen molar-refractivity contribution in [1.82, 2.24) is 20.0 Å². The number of aromatic nitrogens is 2. The van der Waals surface area contributed by atoms with Crippen molar-refractivity contribution in [2.75, 3.05) is 19.6 Å². The van der Waals surface area contributed by atoms with Gasteiger partial charge < -0.3 is 10.2 Å². The number of rotatable bonds is 3. The SMILES string of the molecule is Cc1ccc(Cn2nc(C(=O)N3CCNC(=O)C3)ccc2=O)cc1. The highest BCUT2D eigenvalue weighted by Crippen LogP contribution is 2.06. The molecule has 2 amide bonds. The molecule has 7 heteroatoms. The third-order valence-electron chi connectivity index (χ3n) is 3.86. The topological polar surface area (TPSA) is 84.3 Å². The van der Waals surface area contributed by atoms with E-state index in [4.69, 9.17) is 0 Å². The molecule has 0 aliphatic carbocycles. The van der Waals surface area contributed by atoms with Crippen molar-refractivity contribution in [3.8, 4) is 0 Å². The van der Waals surface area contributed by atoms with Gasteiger partial charge in [-0.15, -0.1) is 0 Å². The summed E-state index contributed by atoms with van der Waals surface area (Å²) in [5.74, 6) is -0.537. The maximum Gasteiger partial charge on any atom is 0.274 e. The summed E-state index contributed by atoms with van der Waals surface area (Å²) in [6, 6.07) is 10.5. The summed E-state index contributed by atoms with van der Waals surface area (Å²) in [6.45, 7) is 3.15. The second-order valence-electron chi connectivity index (χ2n) is 5.78. The molecule has 3 rings (SSSR count). The summed E-state index contributed by atoms with van der Waals surface area (Å²) >= 11 is 0. The number of carbonyl (C=O) groups is 2. The predicted molar refractivity (Wildman–Crippen MR) is 87.7 cm³/mol. The van der Waals surface area contributed by atoms with Crippen LogP contribution in [0.2, 0.25) is 0 Å². The number of nitrogens with zero attached hydrogens (tertiary/aromatic N) is 3. The summed E-state index contributed by atoms with van der Waals surface area (Å²) in [4.78, 5) is 37.3. The van der Waals surface area contributed by atoms with E-state index in [-0.39, 0.29) is 29.6 Å². The van der Waals surface area contributed by atoms with Gasteiger partial charge in [0.15, 0.2) is 0 Å². The molecule has 1 aromatic heterocycles. The number of piperazine rings is 1. The molecule has 7 nitrogen and oxygen atoms in total. The van der Waals surface area contributed by atoms with E-state index in [2.05, 4.69) is 10.4 Å². The lowest BCUT2D eigenvalue weighted by Crippen LogP contribution is -2.50. The zero-order valence-corrected chi connectivity index (χ0v) is 13.4. The quantitative estimate of drug-likeness (QED) is 0.871. The Balaban J connectivity index is 1.83. The van der Waals surface area contributed by atoms with Gasteiger partial charge in [0.1, 0.15) is 5.69 Å². The standard InChI is InChI=1S/C17H18N4O3/c1-12-2-4-13(5-3-12)10-21-16(23)7-6-14(19-21)17(24)20-9-8-18-15(22)11-20/h2-7H,8-11H2,1H3,(H,18,22). The molecule has 124 valence electrons. The van der Waals surface area contributed by atoms with Crippen molar-refractivity contribution in [3.05, 3.63) is 63.6 Å². The summed E-state index contributed by atoms with van der Waals surface area (Å²) < 4.78 is 1.27. The van der Waals surface area contributed by atoms with Crippen LogP contribution in [0.5, 0.6) is 0 Å². The number of amides is 2. The smallest absolute Gasteiger partial charge is 0.274 e. The minimum atomic E-state index is -0.345. The van der Waals surface area contributed by atoms with Crippen molar-refractivity contribution in [1.29, 1.82) is 0 Å². The fourth-order valence-corrected chi connectivity index (χ4v) is 2.52. The first-order valence-electron chi connectivity index (χ1n) is 7.72. The summed E-state index contributed by atoms with van der Waals surface area (Å²) in [7, 11) is 0. The molecular formula is C17H18N4O3. The van der Waals surface area contributed by atoms with E-state index in [9.17, 15) is 14.4 Å². The Hall–Kier alpha value is -2.96. The van der Waals surface area contributed by atoms with Crippen molar-refractivity contribution < 1.29 is 9.59 Å². The zero-order valence-electron chi connectivity index (χ0n) is 13.4. The number of hydrogen-bond donors (Lipinski definition) is 1. The van der Waals surface area contributed by atoms with Crippen LogP contribution in [0.4, 0.5) is 0 Å². The largest absolute Gasteiger partial charge is 0.353 e. The number of hydrogen-bond acceptors (Lipinski definition) is 4. The van der Waals surface area contributed by atoms with Gasteiger partial charge in [0.05, 0.1) is 13.1 Å². The highest BCUT2D eigenvalue weighted by molar-refractivity contribution is 5.95. The number of carbonyl (C=O) groups excluding carboxylic acids is 2. The molecule has 0 spiro atoms. The Morgan fingerprint density at radius 2 is 1.92 bits per heavy atom. The molecule has 1 N–H and O–H groups in total. The number of nitrogens with one attached hydrogen (secondary N) is 1. The van der Waals surface area contributed by atoms with E-state index in [0.29, 0.717) is 19.6 Å². The van der Waals surface area contributed by atoms with Crippen LogP contribution in [-0.4, -0.2) is 46.1 Å². The maximum atomic E-state index is 12.5. The first kappa shape index (κ1) is 15.9. The number of benzene rings is 1. The fraction of sp³-hybridized carbons (Fsp3) is 0.294. The summed E-state index contributed by atoms with van der Waals surface area (Å²) in [5.41, 5.74) is 1.95. The summed E-state index contributed by atoms with van der Waals surface area (Å²) in [6.07, 6.45) is 0. The molecule has 1 aliphatic heterocycles. The van der Waals surface area contributed by atoms with Gasteiger partial charge in [0, 0.05) is 19.2 Å². The molecule has 1 aliphatic rings. The summed E-state index contributed by atoms with van der Waals surface area (Å²) in [5, 5.41) is 6.84. The first-order valence-corrected chi connectivity index (χ1v) is 7.72. The van der Waals surface area contributed by atoms with Gasteiger partial charge in [-0.3, -0.25) is 14.4 Å². The molecule has 0 unspecified atom stereocenters. The Kier molecular flexibility index (Phi) is 4.41. The van der Waals surface area contributed by atoms with Crippen LogP contribution in [-0.2, 0) is 11.3 Å². The van der Waals surface area contributed by atoms with E-state index in [0.717, 1.165) is 11.1 Å². The van der Waals surface area contributed by atoms with Gasteiger partial charge in [-0.05, 0) is 18.6 Å². The molecule has 0 radical (unpaired) electrons. The van der Waals surface area contributed by atoms with E-state index >= 15 is 0 Å². The highest BCUT2D eigenvalue weighted by atomic mass is 16.2. The molecule has 0 bridgehead atoms. The van der Waals surface area contributed by atoms with Crippen LogP contribution >= 0.6 is 0 Å². The molecule has 24 heavy (non-hydrogen) atoms.